The molecule has 3 N–H and O–H groups in total. The molecule has 7 heteroatoms. The third kappa shape index (κ3) is 1.42. The Morgan fingerprint density at radius 2 is 1.71 bits per heavy atom. The molecule has 0 bridgehead atoms. The maximum absolute atomic E-state index is 13.1. The van der Waals surface area contributed by atoms with E-state index in [9.17, 15) is 18.0 Å². The van der Waals surface area contributed by atoms with E-state index in [0.717, 1.165) is 0 Å². The highest BCUT2D eigenvalue weighted by atomic mass is 31.0. The lowest BCUT2D eigenvalue weighted by molar-refractivity contribution is 0.0685. The molecule has 1 rings (SSSR count). The zero-order valence-electron chi connectivity index (χ0n) is 6.64. The summed E-state index contributed by atoms with van der Waals surface area (Å²) < 4.78 is 38.8. The molecule has 0 radical (unpaired) electrons. The molecule has 1 unspecified atom stereocenters. The van der Waals surface area contributed by atoms with E-state index in [1.165, 1.54) is 0 Å². The molecule has 0 heterocycles. The van der Waals surface area contributed by atoms with Gasteiger partial charge in [0.05, 0.1) is 5.69 Å². The highest BCUT2D eigenvalue weighted by Crippen LogP contribution is 2.21. The molecule has 0 aliphatic carbocycles. The lowest BCUT2D eigenvalue weighted by Crippen LogP contribution is -2.18. The summed E-state index contributed by atoms with van der Waals surface area (Å²) in [5.74, 6) is -6.63. The van der Waals surface area contributed by atoms with Crippen molar-refractivity contribution in [1.29, 1.82) is 0 Å². The number of carbonyl (C=O) groups is 1. The standard InChI is InChI=1S/C7H5F3NO2P/c8-2-1(7(12)13)3(9)6(14)5(11)4(2)10/h11,14H2,(H,12,13). The summed E-state index contributed by atoms with van der Waals surface area (Å²) in [6.07, 6.45) is 0. The molecule has 1 aromatic rings. The minimum Gasteiger partial charge on any atom is -0.477 e. The van der Waals surface area contributed by atoms with Gasteiger partial charge < -0.3 is 10.8 Å². The van der Waals surface area contributed by atoms with Crippen LogP contribution in [0.2, 0.25) is 0 Å². The first-order valence-electron chi connectivity index (χ1n) is 3.32. The van der Waals surface area contributed by atoms with Crippen LogP contribution in [0.3, 0.4) is 0 Å². The molecule has 0 aliphatic heterocycles. The topological polar surface area (TPSA) is 63.3 Å². The second-order valence-electron chi connectivity index (χ2n) is 2.45. The molecule has 14 heavy (non-hydrogen) atoms. The van der Waals surface area contributed by atoms with Gasteiger partial charge in [0.25, 0.3) is 0 Å². The van der Waals surface area contributed by atoms with Crippen molar-refractivity contribution in [2.24, 2.45) is 0 Å². The maximum atomic E-state index is 13.1. The fourth-order valence-corrected chi connectivity index (χ4v) is 1.15. The molecule has 0 saturated heterocycles. The van der Waals surface area contributed by atoms with Gasteiger partial charge in [0, 0.05) is 5.30 Å². The minimum atomic E-state index is -1.89. The summed E-state index contributed by atoms with van der Waals surface area (Å²) in [4.78, 5) is 10.4. The van der Waals surface area contributed by atoms with E-state index >= 15 is 0 Å². The average Bonchev–Trinajstić information content (AvgIpc) is 2.11. The number of nitrogens with two attached hydrogens (primary N) is 1. The van der Waals surface area contributed by atoms with Crippen LogP contribution in [-0.2, 0) is 0 Å². The number of nitrogen functional groups attached to an aromatic ring is 1. The Morgan fingerprint density at radius 1 is 1.21 bits per heavy atom. The van der Waals surface area contributed by atoms with E-state index < -0.39 is 40.0 Å². The van der Waals surface area contributed by atoms with Crippen molar-refractivity contribution in [2.45, 2.75) is 0 Å². The van der Waals surface area contributed by atoms with Crippen LogP contribution < -0.4 is 11.0 Å². The largest absolute Gasteiger partial charge is 0.477 e. The first kappa shape index (κ1) is 10.8. The highest BCUT2D eigenvalue weighted by Gasteiger charge is 2.25. The molecular weight excluding hydrogens is 218 g/mol. The molecule has 0 amide bonds. The van der Waals surface area contributed by atoms with Crippen molar-refractivity contribution in [3.63, 3.8) is 0 Å². The summed E-state index contributed by atoms with van der Waals surface area (Å²) >= 11 is 0. The van der Waals surface area contributed by atoms with Gasteiger partial charge in [0.15, 0.2) is 11.6 Å². The quantitative estimate of drug-likeness (QED) is 0.422. The van der Waals surface area contributed by atoms with Gasteiger partial charge in [-0.15, -0.1) is 9.24 Å². The maximum Gasteiger partial charge on any atom is 0.341 e. The minimum absolute atomic E-state index is 0.499. The zero-order chi connectivity index (χ0) is 11.0. The Hall–Kier alpha value is -1.29. The van der Waals surface area contributed by atoms with Gasteiger partial charge in [-0.1, -0.05) is 0 Å². The van der Waals surface area contributed by atoms with Crippen LogP contribution in [0, 0.1) is 17.5 Å². The van der Waals surface area contributed by atoms with E-state index in [4.69, 9.17) is 10.8 Å². The number of carboxylic acids is 1. The smallest absolute Gasteiger partial charge is 0.341 e. The van der Waals surface area contributed by atoms with Crippen LogP contribution in [0.4, 0.5) is 18.9 Å². The number of rotatable bonds is 1. The lowest BCUT2D eigenvalue weighted by atomic mass is 10.1. The van der Waals surface area contributed by atoms with Crippen LogP contribution in [0.25, 0.3) is 0 Å². The molecular formula is C7H5F3NO2P. The molecule has 0 saturated carbocycles. The number of aromatic carboxylic acids is 1. The Bertz CT molecular complexity index is 393. The molecule has 0 spiro atoms. The highest BCUT2D eigenvalue weighted by molar-refractivity contribution is 7.28. The number of carboxylic acid groups (broad SMARTS) is 1. The van der Waals surface area contributed by atoms with Gasteiger partial charge in [-0.05, 0) is 0 Å². The summed E-state index contributed by atoms with van der Waals surface area (Å²) in [7, 11) is 1.71. The van der Waals surface area contributed by atoms with E-state index in [2.05, 4.69) is 0 Å². The van der Waals surface area contributed by atoms with Gasteiger partial charge in [-0.25, -0.2) is 18.0 Å². The van der Waals surface area contributed by atoms with Crippen LogP contribution in [0.15, 0.2) is 0 Å². The average molecular weight is 223 g/mol. The van der Waals surface area contributed by atoms with E-state index in [1.807, 2.05) is 0 Å². The Balaban J connectivity index is 3.68. The first-order valence-corrected chi connectivity index (χ1v) is 3.90. The van der Waals surface area contributed by atoms with Gasteiger partial charge >= 0.3 is 5.97 Å². The molecule has 0 aliphatic rings. The molecule has 3 nitrogen and oxygen atoms in total. The Labute approximate surface area is 78.9 Å². The van der Waals surface area contributed by atoms with E-state index in [1.54, 1.807) is 9.24 Å². The molecule has 76 valence electrons. The predicted octanol–water partition coefficient (Wildman–Crippen LogP) is 0.885. The van der Waals surface area contributed by atoms with Crippen molar-refractivity contribution in [3.8, 4) is 0 Å². The molecule has 1 aromatic carbocycles. The van der Waals surface area contributed by atoms with Gasteiger partial charge in [0.1, 0.15) is 11.4 Å². The Kier molecular flexibility index (Phi) is 2.66. The monoisotopic (exact) mass is 223 g/mol. The summed E-state index contributed by atoms with van der Waals surface area (Å²) in [6.45, 7) is 0. The number of hydrogen-bond donors (Lipinski definition) is 2. The van der Waals surface area contributed by atoms with Crippen LogP contribution in [-0.4, -0.2) is 11.1 Å². The van der Waals surface area contributed by atoms with Crippen LogP contribution in [0.5, 0.6) is 0 Å². The first-order chi connectivity index (χ1) is 6.37. The SMILES string of the molecule is Nc1c(F)c(F)c(C(=O)O)c(F)c1P. The number of anilines is 1. The number of hydrogen-bond acceptors (Lipinski definition) is 2. The van der Waals surface area contributed by atoms with Gasteiger partial charge in [-0.2, -0.15) is 0 Å². The number of benzene rings is 1. The Morgan fingerprint density at radius 3 is 2.14 bits per heavy atom. The summed E-state index contributed by atoms with van der Waals surface area (Å²) in [6, 6.07) is 0. The molecule has 1 atom stereocenters. The molecule has 0 fully saturated rings. The van der Waals surface area contributed by atoms with Crippen molar-refractivity contribution >= 4 is 26.2 Å². The van der Waals surface area contributed by atoms with Gasteiger partial charge in [-0.3, -0.25) is 0 Å². The summed E-state index contributed by atoms with van der Waals surface area (Å²) in [5.41, 5.74) is 2.88. The van der Waals surface area contributed by atoms with Crippen molar-refractivity contribution in [3.05, 3.63) is 23.0 Å². The van der Waals surface area contributed by atoms with E-state index in [0.29, 0.717) is 0 Å². The predicted molar refractivity (Wildman–Crippen MR) is 47.0 cm³/mol. The number of halogens is 3. The summed E-state index contributed by atoms with van der Waals surface area (Å²) in [5, 5.41) is 7.89. The fourth-order valence-electron chi connectivity index (χ4n) is 0.883. The van der Waals surface area contributed by atoms with Crippen LogP contribution in [0.1, 0.15) is 10.4 Å². The van der Waals surface area contributed by atoms with E-state index in [-0.39, 0.29) is 0 Å². The van der Waals surface area contributed by atoms with Gasteiger partial charge in [0.2, 0.25) is 0 Å². The van der Waals surface area contributed by atoms with Crippen molar-refractivity contribution < 1.29 is 23.1 Å². The second-order valence-corrected chi connectivity index (χ2v) is 3.03. The zero-order valence-corrected chi connectivity index (χ0v) is 7.80. The third-order valence-corrected chi connectivity index (χ3v) is 2.17. The normalized spacial score (nSPS) is 10.3. The second kappa shape index (κ2) is 3.46. The lowest BCUT2D eigenvalue weighted by Gasteiger charge is -2.07. The van der Waals surface area contributed by atoms with Crippen LogP contribution >= 0.6 is 9.24 Å². The molecule has 0 aromatic heterocycles. The van der Waals surface area contributed by atoms with Crippen molar-refractivity contribution in [1.82, 2.24) is 0 Å². The third-order valence-electron chi connectivity index (χ3n) is 1.61. The fraction of sp³-hybridized carbons (Fsp3) is 0. The van der Waals surface area contributed by atoms with Crippen molar-refractivity contribution in [2.75, 3.05) is 5.73 Å².